The molecule has 1 heterocycles. The first-order chi connectivity index (χ1) is 14.3. The number of hydrogen-bond donors (Lipinski definition) is 1. The zero-order valence-electron chi connectivity index (χ0n) is 15.7. The molecule has 0 aliphatic rings. The quantitative estimate of drug-likeness (QED) is 0.425. The highest BCUT2D eigenvalue weighted by molar-refractivity contribution is 9.10. The molecule has 0 saturated heterocycles. The molecule has 4 aromatic rings. The van der Waals surface area contributed by atoms with E-state index in [0.717, 1.165) is 20.7 Å². The zero-order valence-corrected chi connectivity index (χ0v) is 17.3. The molecule has 3 aromatic carbocycles. The minimum Gasteiger partial charge on any atom is -0.322 e. The minimum atomic E-state index is -0.900. The molecule has 1 amide bonds. The number of pyridine rings is 1. The van der Waals surface area contributed by atoms with Crippen LogP contribution in [0.2, 0.25) is 0 Å². The van der Waals surface area contributed by atoms with E-state index in [2.05, 4.69) is 21.2 Å². The molecule has 7 heteroatoms. The zero-order chi connectivity index (χ0) is 21.4. The van der Waals surface area contributed by atoms with E-state index in [-0.39, 0.29) is 16.6 Å². The Morgan fingerprint density at radius 3 is 2.43 bits per heavy atom. The number of carbonyl (C=O) groups excluding carboxylic acids is 1. The van der Waals surface area contributed by atoms with Gasteiger partial charge < -0.3 is 5.32 Å². The maximum absolute atomic E-state index is 14.4. The van der Waals surface area contributed by atoms with Crippen molar-refractivity contribution in [3.63, 3.8) is 0 Å². The first-order valence-corrected chi connectivity index (χ1v) is 9.82. The molecule has 0 bridgehead atoms. The number of nitrogens with one attached hydrogen (secondary N) is 1. The molecule has 4 nitrogen and oxygen atoms in total. The van der Waals surface area contributed by atoms with Gasteiger partial charge in [-0.05, 0) is 48.9 Å². The maximum Gasteiger partial charge on any atom is 0.263 e. The van der Waals surface area contributed by atoms with Crippen LogP contribution < -0.4 is 10.9 Å². The number of amides is 1. The van der Waals surface area contributed by atoms with E-state index < -0.39 is 23.1 Å². The van der Waals surface area contributed by atoms with Gasteiger partial charge >= 0.3 is 0 Å². The van der Waals surface area contributed by atoms with Crippen molar-refractivity contribution in [2.45, 2.75) is 6.92 Å². The molecule has 0 fully saturated rings. The fraction of sp³-hybridized carbons (Fsp3) is 0.0435. The summed E-state index contributed by atoms with van der Waals surface area (Å²) in [6, 6.07) is 15.0. The summed E-state index contributed by atoms with van der Waals surface area (Å²) in [5, 5.41) is 3.53. The van der Waals surface area contributed by atoms with Crippen LogP contribution in [0.15, 0.2) is 76.1 Å². The van der Waals surface area contributed by atoms with Crippen LogP contribution in [0.5, 0.6) is 0 Å². The van der Waals surface area contributed by atoms with Crippen molar-refractivity contribution >= 4 is 38.3 Å². The third kappa shape index (κ3) is 3.64. The number of aromatic nitrogens is 1. The van der Waals surface area contributed by atoms with E-state index in [1.165, 1.54) is 12.3 Å². The lowest BCUT2D eigenvalue weighted by molar-refractivity contribution is 0.102. The summed E-state index contributed by atoms with van der Waals surface area (Å²) in [4.78, 5) is 26.1. The smallest absolute Gasteiger partial charge is 0.263 e. The van der Waals surface area contributed by atoms with Crippen LogP contribution >= 0.6 is 15.9 Å². The molecule has 1 N–H and O–H groups in total. The van der Waals surface area contributed by atoms with Crippen molar-refractivity contribution in [2.24, 2.45) is 0 Å². The lowest BCUT2D eigenvalue weighted by Crippen LogP contribution is -2.23. The Morgan fingerprint density at radius 1 is 1.00 bits per heavy atom. The third-order valence-electron chi connectivity index (χ3n) is 4.78. The van der Waals surface area contributed by atoms with E-state index >= 15 is 0 Å². The summed E-state index contributed by atoms with van der Waals surface area (Å²) < 4.78 is 29.6. The number of nitrogens with zero attached hydrogens (tertiary/aromatic N) is 1. The third-order valence-corrected chi connectivity index (χ3v) is 5.27. The summed E-state index contributed by atoms with van der Waals surface area (Å²) in [7, 11) is 0. The van der Waals surface area contributed by atoms with Crippen molar-refractivity contribution in [2.75, 3.05) is 5.32 Å². The van der Waals surface area contributed by atoms with Gasteiger partial charge in [-0.1, -0.05) is 34.1 Å². The van der Waals surface area contributed by atoms with Crippen molar-refractivity contribution in [1.82, 2.24) is 4.57 Å². The number of rotatable bonds is 3. The Labute approximate surface area is 178 Å². The van der Waals surface area contributed by atoms with Crippen LogP contribution in [0.3, 0.4) is 0 Å². The van der Waals surface area contributed by atoms with Crippen LogP contribution in [0.4, 0.5) is 14.5 Å². The largest absolute Gasteiger partial charge is 0.322 e. The molecule has 0 unspecified atom stereocenters. The highest BCUT2D eigenvalue weighted by atomic mass is 79.9. The van der Waals surface area contributed by atoms with Crippen LogP contribution in [0, 0.1) is 18.6 Å². The van der Waals surface area contributed by atoms with Crippen LogP contribution in [-0.4, -0.2) is 10.5 Å². The summed E-state index contributed by atoms with van der Waals surface area (Å²) in [6.45, 7) is 1.85. The molecule has 0 saturated carbocycles. The Kier molecular flexibility index (Phi) is 5.22. The van der Waals surface area contributed by atoms with E-state index in [1.807, 2.05) is 13.0 Å². The average molecular weight is 469 g/mol. The topological polar surface area (TPSA) is 51.1 Å². The van der Waals surface area contributed by atoms with Gasteiger partial charge in [0.2, 0.25) is 0 Å². The second kappa shape index (κ2) is 7.84. The molecule has 1 aromatic heterocycles. The van der Waals surface area contributed by atoms with E-state index in [1.54, 1.807) is 36.4 Å². The fourth-order valence-electron chi connectivity index (χ4n) is 3.29. The minimum absolute atomic E-state index is 0.138. The number of halogens is 3. The van der Waals surface area contributed by atoms with Crippen molar-refractivity contribution in [1.29, 1.82) is 0 Å². The first-order valence-electron chi connectivity index (χ1n) is 9.02. The van der Waals surface area contributed by atoms with Gasteiger partial charge in [-0.2, -0.15) is 0 Å². The molecule has 0 radical (unpaired) electrons. The second-order valence-corrected chi connectivity index (χ2v) is 7.69. The molecule has 4 rings (SSSR count). The summed E-state index contributed by atoms with van der Waals surface area (Å²) in [5.74, 6) is -2.11. The van der Waals surface area contributed by atoms with Crippen molar-refractivity contribution < 1.29 is 13.6 Å². The Hall–Kier alpha value is -3.32. The Balaban J connectivity index is 1.90. The number of benzene rings is 3. The predicted molar refractivity (Wildman–Crippen MR) is 116 cm³/mol. The van der Waals surface area contributed by atoms with E-state index in [4.69, 9.17) is 0 Å². The molecule has 0 atom stereocenters. The Bertz CT molecular complexity index is 1370. The van der Waals surface area contributed by atoms with Gasteiger partial charge in [-0.3, -0.25) is 14.2 Å². The SMILES string of the molecule is Cc1cc(Br)ccc1NC(=O)c1cn(-c2ccc(F)cc2F)c(=O)c2ccccc12. The highest BCUT2D eigenvalue weighted by Crippen LogP contribution is 2.23. The summed E-state index contributed by atoms with van der Waals surface area (Å²) >= 11 is 3.38. The average Bonchev–Trinajstić information content (AvgIpc) is 2.71. The normalized spacial score (nSPS) is 10.9. The first kappa shape index (κ1) is 20.0. The molecule has 0 spiro atoms. The van der Waals surface area contributed by atoms with Crippen LogP contribution in [0.25, 0.3) is 16.5 Å². The van der Waals surface area contributed by atoms with E-state index in [9.17, 15) is 18.4 Å². The van der Waals surface area contributed by atoms with Gasteiger partial charge in [0.15, 0.2) is 0 Å². The molecule has 0 aliphatic heterocycles. The summed E-state index contributed by atoms with van der Waals surface area (Å²) in [6.07, 6.45) is 1.28. The molecular formula is C23H15BrF2N2O2. The summed E-state index contributed by atoms with van der Waals surface area (Å²) in [5.41, 5.74) is 1.00. The van der Waals surface area contributed by atoms with Gasteiger partial charge in [-0.15, -0.1) is 0 Å². The van der Waals surface area contributed by atoms with Gasteiger partial charge in [0, 0.05) is 33.2 Å². The lowest BCUT2D eigenvalue weighted by atomic mass is 10.1. The molecule has 0 aliphatic carbocycles. The van der Waals surface area contributed by atoms with Gasteiger partial charge in [-0.25, -0.2) is 8.78 Å². The lowest BCUT2D eigenvalue weighted by Gasteiger charge is -2.14. The monoisotopic (exact) mass is 468 g/mol. The van der Waals surface area contributed by atoms with Crippen LogP contribution in [-0.2, 0) is 0 Å². The number of carbonyl (C=O) groups is 1. The highest BCUT2D eigenvalue weighted by Gasteiger charge is 2.18. The number of hydrogen-bond acceptors (Lipinski definition) is 2. The number of fused-ring (bicyclic) bond motifs is 1. The molecule has 150 valence electrons. The predicted octanol–water partition coefficient (Wildman–Crippen LogP) is 5.59. The Morgan fingerprint density at radius 2 is 1.73 bits per heavy atom. The van der Waals surface area contributed by atoms with Crippen LogP contribution in [0.1, 0.15) is 15.9 Å². The molecule has 30 heavy (non-hydrogen) atoms. The van der Waals surface area contributed by atoms with Gasteiger partial charge in [0.25, 0.3) is 11.5 Å². The van der Waals surface area contributed by atoms with E-state index in [0.29, 0.717) is 17.1 Å². The molecular weight excluding hydrogens is 454 g/mol. The number of anilines is 1. The van der Waals surface area contributed by atoms with Crippen molar-refractivity contribution in [3.05, 3.63) is 104 Å². The second-order valence-electron chi connectivity index (χ2n) is 6.77. The van der Waals surface area contributed by atoms with Gasteiger partial charge in [0.05, 0.1) is 11.3 Å². The van der Waals surface area contributed by atoms with Gasteiger partial charge in [0.1, 0.15) is 11.6 Å². The number of aryl methyl sites for hydroxylation is 1. The maximum atomic E-state index is 14.4. The standard InChI is InChI=1S/C23H15BrF2N2O2/c1-13-10-14(24)6-8-20(13)27-22(29)18-12-28(21-9-7-15(25)11-19(21)26)23(30)17-5-3-2-4-16(17)18/h2-12H,1H3,(H,27,29). The van der Waals surface area contributed by atoms with Crippen molar-refractivity contribution in [3.8, 4) is 5.69 Å². The fourth-order valence-corrected chi connectivity index (χ4v) is 3.76.